The van der Waals surface area contributed by atoms with E-state index in [9.17, 15) is 0 Å². The molecule has 0 unspecified atom stereocenters. The van der Waals surface area contributed by atoms with E-state index in [0.29, 0.717) is 12.2 Å². The van der Waals surface area contributed by atoms with Crippen LogP contribution >= 0.6 is 0 Å². The fourth-order valence-electron chi connectivity index (χ4n) is 3.13. The van der Waals surface area contributed by atoms with Crippen LogP contribution in [0, 0.1) is 11.3 Å². The molecule has 0 bridgehead atoms. The van der Waals surface area contributed by atoms with Crippen LogP contribution in [0.2, 0.25) is 0 Å². The molecule has 3 nitrogen and oxygen atoms in total. The molecule has 0 saturated carbocycles. The van der Waals surface area contributed by atoms with E-state index in [1.54, 1.807) is 0 Å². The number of hydrogen-bond donors (Lipinski definition) is 0. The Morgan fingerprint density at radius 3 is 2.50 bits per heavy atom. The standard InChI is InChI=1S/C23H18N2O/c24-15-19-8-4-9-20(14-19)16-25-13-12-21-22(25)10-5-11-23(21)26-17-18-6-2-1-3-7-18/h1-14H,16-17H2. The molecule has 126 valence electrons. The van der Waals surface area contributed by atoms with Crippen molar-refractivity contribution in [1.29, 1.82) is 5.26 Å². The van der Waals surface area contributed by atoms with Crippen molar-refractivity contribution in [3.63, 3.8) is 0 Å². The van der Waals surface area contributed by atoms with Crippen molar-refractivity contribution in [2.45, 2.75) is 13.2 Å². The minimum Gasteiger partial charge on any atom is -0.488 e. The van der Waals surface area contributed by atoms with E-state index >= 15 is 0 Å². The Balaban J connectivity index is 1.59. The predicted molar refractivity (Wildman–Crippen MR) is 103 cm³/mol. The lowest BCUT2D eigenvalue weighted by atomic mass is 10.1. The van der Waals surface area contributed by atoms with Crippen LogP contribution in [0.1, 0.15) is 16.7 Å². The molecule has 3 heteroatoms. The third kappa shape index (κ3) is 3.31. The predicted octanol–water partition coefficient (Wildman–Crippen LogP) is 5.14. The number of aromatic nitrogens is 1. The first kappa shape index (κ1) is 16.0. The van der Waals surface area contributed by atoms with Crippen LogP contribution in [0.15, 0.2) is 85.1 Å². The number of fused-ring (bicyclic) bond motifs is 1. The summed E-state index contributed by atoms with van der Waals surface area (Å²) in [5.41, 5.74) is 4.07. The maximum absolute atomic E-state index is 9.08. The van der Waals surface area contributed by atoms with Crippen LogP contribution in [0.5, 0.6) is 5.75 Å². The number of rotatable bonds is 5. The fraction of sp³-hybridized carbons (Fsp3) is 0.0870. The van der Waals surface area contributed by atoms with E-state index in [2.05, 4.69) is 41.1 Å². The van der Waals surface area contributed by atoms with E-state index in [0.717, 1.165) is 34.3 Å². The molecule has 0 aliphatic heterocycles. The molecule has 4 rings (SSSR count). The van der Waals surface area contributed by atoms with Crippen LogP contribution in [0.3, 0.4) is 0 Å². The van der Waals surface area contributed by atoms with E-state index in [1.807, 2.05) is 54.6 Å². The third-order valence-corrected chi connectivity index (χ3v) is 4.42. The lowest BCUT2D eigenvalue weighted by Crippen LogP contribution is -1.99. The molecule has 0 fully saturated rings. The Kier molecular flexibility index (Phi) is 4.40. The highest BCUT2D eigenvalue weighted by Gasteiger charge is 2.08. The first-order chi connectivity index (χ1) is 12.8. The van der Waals surface area contributed by atoms with Gasteiger partial charge in [-0.2, -0.15) is 5.26 Å². The molecular weight excluding hydrogens is 320 g/mol. The number of nitrogens with zero attached hydrogens (tertiary/aromatic N) is 2. The first-order valence-electron chi connectivity index (χ1n) is 8.57. The topological polar surface area (TPSA) is 38.0 Å². The van der Waals surface area contributed by atoms with Gasteiger partial charge < -0.3 is 9.30 Å². The molecule has 0 amide bonds. The summed E-state index contributed by atoms with van der Waals surface area (Å²) in [6.07, 6.45) is 2.07. The summed E-state index contributed by atoms with van der Waals surface area (Å²) in [6.45, 7) is 1.27. The van der Waals surface area contributed by atoms with Crippen LogP contribution in [0.25, 0.3) is 10.9 Å². The van der Waals surface area contributed by atoms with Crippen molar-refractivity contribution < 1.29 is 4.74 Å². The lowest BCUT2D eigenvalue weighted by molar-refractivity contribution is 0.310. The van der Waals surface area contributed by atoms with Gasteiger partial charge in [-0.15, -0.1) is 0 Å². The Hall–Kier alpha value is -3.51. The molecule has 3 aromatic carbocycles. The van der Waals surface area contributed by atoms with Gasteiger partial charge in [0.1, 0.15) is 12.4 Å². The molecule has 0 radical (unpaired) electrons. The summed E-state index contributed by atoms with van der Waals surface area (Å²) in [6, 6.07) is 28.3. The zero-order chi connectivity index (χ0) is 17.8. The van der Waals surface area contributed by atoms with E-state index in [-0.39, 0.29) is 0 Å². The summed E-state index contributed by atoms with van der Waals surface area (Å²) in [7, 11) is 0. The van der Waals surface area contributed by atoms with Gasteiger partial charge in [-0.05, 0) is 41.5 Å². The molecule has 1 aromatic heterocycles. The van der Waals surface area contributed by atoms with Crippen molar-refractivity contribution in [3.8, 4) is 11.8 Å². The summed E-state index contributed by atoms with van der Waals surface area (Å²) >= 11 is 0. The summed E-state index contributed by atoms with van der Waals surface area (Å²) in [4.78, 5) is 0. The molecule has 0 aliphatic rings. The van der Waals surface area contributed by atoms with Gasteiger partial charge in [0.05, 0.1) is 17.1 Å². The molecule has 4 aromatic rings. The second-order valence-corrected chi connectivity index (χ2v) is 6.22. The molecule has 1 heterocycles. The highest BCUT2D eigenvalue weighted by Crippen LogP contribution is 2.28. The quantitative estimate of drug-likeness (QED) is 0.505. The average molecular weight is 338 g/mol. The third-order valence-electron chi connectivity index (χ3n) is 4.42. The van der Waals surface area contributed by atoms with Crippen LogP contribution < -0.4 is 4.74 Å². The number of ether oxygens (including phenoxy) is 1. The van der Waals surface area contributed by atoms with Gasteiger partial charge in [-0.3, -0.25) is 0 Å². The number of benzene rings is 3. The van der Waals surface area contributed by atoms with E-state index in [4.69, 9.17) is 10.00 Å². The van der Waals surface area contributed by atoms with Gasteiger partial charge >= 0.3 is 0 Å². The van der Waals surface area contributed by atoms with Gasteiger partial charge in [-0.25, -0.2) is 0 Å². The van der Waals surface area contributed by atoms with E-state index < -0.39 is 0 Å². The zero-order valence-corrected chi connectivity index (χ0v) is 14.3. The van der Waals surface area contributed by atoms with Crippen LogP contribution in [0.4, 0.5) is 0 Å². The second kappa shape index (κ2) is 7.16. The Bertz CT molecular complexity index is 1070. The molecule has 0 spiro atoms. The van der Waals surface area contributed by atoms with Crippen molar-refractivity contribution in [3.05, 3.63) is 102 Å². The highest BCUT2D eigenvalue weighted by molar-refractivity contribution is 5.86. The highest BCUT2D eigenvalue weighted by atomic mass is 16.5. The minimum absolute atomic E-state index is 0.551. The molecule has 26 heavy (non-hydrogen) atoms. The number of nitriles is 1. The summed E-state index contributed by atoms with van der Waals surface area (Å²) in [5.74, 6) is 0.885. The van der Waals surface area contributed by atoms with Crippen LogP contribution in [-0.4, -0.2) is 4.57 Å². The average Bonchev–Trinajstić information content (AvgIpc) is 3.11. The lowest BCUT2D eigenvalue weighted by Gasteiger charge is -2.09. The largest absolute Gasteiger partial charge is 0.488 e. The smallest absolute Gasteiger partial charge is 0.129 e. The molecular formula is C23H18N2O. The summed E-state index contributed by atoms with van der Waals surface area (Å²) in [5, 5.41) is 10.2. The Labute approximate surface area is 152 Å². The van der Waals surface area contributed by atoms with Gasteiger partial charge in [-0.1, -0.05) is 48.5 Å². The number of hydrogen-bond acceptors (Lipinski definition) is 2. The normalized spacial score (nSPS) is 10.6. The van der Waals surface area contributed by atoms with Gasteiger partial charge in [0.15, 0.2) is 0 Å². The van der Waals surface area contributed by atoms with Gasteiger partial charge in [0.25, 0.3) is 0 Å². The maximum atomic E-state index is 9.08. The monoisotopic (exact) mass is 338 g/mol. The van der Waals surface area contributed by atoms with E-state index in [1.165, 1.54) is 0 Å². The molecule has 0 atom stereocenters. The zero-order valence-electron chi connectivity index (χ0n) is 14.3. The Morgan fingerprint density at radius 1 is 0.846 bits per heavy atom. The minimum atomic E-state index is 0.551. The van der Waals surface area contributed by atoms with Gasteiger partial charge in [0, 0.05) is 18.1 Å². The molecule has 0 saturated heterocycles. The van der Waals surface area contributed by atoms with Gasteiger partial charge in [0.2, 0.25) is 0 Å². The van der Waals surface area contributed by atoms with Crippen molar-refractivity contribution in [1.82, 2.24) is 4.57 Å². The van der Waals surface area contributed by atoms with Crippen molar-refractivity contribution in [2.24, 2.45) is 0 Å². The van der Waals surface area contributed by atoms with Crippen molar-refractivity contribution >= 4 is 10.9 Å². The second-order valence-electron chi connectivity index (χ2n) is 6.22. The maximum Gasteiger partial charge on any atom is 0.129 e. The fourth-order valence-corrected chi connectivity index (χ4v) is 3.13. The Morgan fingerprint density at radius 2 is 1.65 bits per heavy atom. The SMILES string of the molecule is N#Cc1cccc(Cn2ccc3c(OCc4ccccc4)cccc32)c1. The molecule has 0 N–H and O–H groups in total. The van der Waals surface area contributed by atoms with Crippen molar-refractivity contribution in [2.75, 3.05) is 0 Å². The van der Waals surface area contributed by atoms with Crippen LogP contribution in [-0.2, 0) is 13.2 Å². The first-order valence-corrected chi connectivity index (χ1v) is 8.57. The summed E-state index contributed by atoms with van der Waals surface area (Å²) < 4.78 is 8.23. The molecule has 0 aliphatic carbocycles.